The van der Waals surface area contributed by atoms with E-state index in [1.165, 1.54) is 0 Å². The summed E-state index contributed by atoms with van der Waals surface area (Å²) in [5, 5.41) is 0. The molecule has 0 bridgehead atoms. The first-order chi connectivity index (χ1) is 7.03. The number of hydrogen-bond donors (Lipinski definition) is 1. The Labute approximate surface area is 88.3 Å². The first-order valence-corrected chi connectivity index (χ1v) is 5.02. The standard InChI is InChI=1S/C11H14N2O2/c1-11(2)9(14)5-7-13(11)10(15)8-4-3-6-12-8/h3-4,6,12H,5,7H2,1-2H3. The molecule has 80 valence electrons. The van der Waals surface area contributed by atoms with E-state index in [1.807, 2.05) is 0 Å². The van der Waals surface area contributed by atoms with Crippen LogP contribution in [0.25, 0.3) is 0 Å². The van der Waals surface area contributed by atoms with Crippen LogP contribution in [-0.4, -0.2) is 33.7 Å². The fourth-order valence-corrected chi connectivity index (χ4v) is 1.91. The Kier molecular flexibility index (Phi) is 2.14. The minimum atomic E-state index is -0.664. The van der Waals surface area contributed by atoms with Crippen LogP contribution in [0, 0.1) is 0 Å². The van der Waals surface area contributed by atoms with Gasteiger partial charge in [-0.2, -0.15) is 0 Å². The number of nitrogens with zero attached hydrogens (tertiary/aromatic N) is 1. The summed E-state index contributed by atoms with van der Waals surface area (Å²) in [5.74, 6) is 0.0262. The van der Waals surface area contributed by atoms with Crippen molar-refractivity contribution >= 4 is 11.7 Å². The third-order valence-electron chi connectivity index (χ3n) is 2.99. The van der Waals surface area contributed by atoms with Gasteiger partial charge in [-0.05, 0) is 26.0 Å². The molecule has 0 aromatic carbocycles. The third-order valence-corrected chi connectivity index (χ3v) is 2.99. The van der Waals surface area contributed by atoms with Gasteiger partial charge in [0.05, 0.1) is 5.54 Å². The first kappa shape index (κ1) is 9.96. The van der Waals surface area contributed by atoms with E-state index in [0.29, 0.717) is 18.7 Å². The van der Waals surface area contributed by atoms with E-state index in [1.54, 1.807) is 37.1 Å². The van der Waals surface area contributed by atoms with Crippen LogP contribution in [0.4, 0.5) is 0 Å². The second-order valence-corrected chi connectivity index (χ2v) is 4.27. The second kappa shape index (κ2) is 3.22. The summed E-state index contributed by atoms with van der Waals surface area (Å²) < 4.78 is 0. The molecule has 1 N–H and O–H groups in total. The lowest BCUT2D eigenvalue weighted by atomic mass is 10.0. The lowest BCUT2D eigenvalue weighted by Crippen LogP contribution is -2.46. The highest BCUT2D eigenvalue weighted by Gasteiger charge is 2.43. The molecule has 1 amide bonds. The summed E-state index contributed by atoms with van der Waals surface area (Å²) in [6.07, 6.45) is 2.16. The van der Waals surface area contributed by atoms with Crippen LogP contribution in [-0.2, 0) is 4.79 Å². The van der Waals surface area contributed by atoms with Gasteiger partial charge in [-0.25, -0.2) is 0 Å². The summed E-state index contributed by atoms with van der Waals surface area (Å²) in [5.41, 5.74) is -0.125. The van der Waals surface area contributed by atoms with E-state index >= 15 is 0 Å². The van der Waals surface area contributed by atoms with Crippen molar-refractivity contribution in [3.05, 3.63) is 24.0 Å². The molecule has 0 spiro atoms. The number of nitrogens with one attached hydrogen (secondary N) is 1. The summed E-state index contributed by atoms with van der Waals surface area (Å²) in [6.45, 7) is 4.11. The monoisotopic (exact) mass is 206 g/mol. The SMILES string of the molecule is CC1(C)C(=O)CCN1C(=O)c1ccc[nH]1. The van der Waals surface area contributed by atoms with Crippen molar-refractivity contribution in [1.82, 2.24) is 9.88 Å². The van der Waals surface area contributed by atoms with Gasteiger partial charge in [0.1, 0.15) is 5.69 Å². The first-order valence-electron chi connectivity index (χ1n) is 5.02. The quantitative estimate of drug-likeness (QED) is 0.750. The number of carbonyl (C=O) groups excluding carboxylic acids is 2. The number of ketones is 1. The molecule has 0 unspecified atom stereocenters. The van der Waals surface area contributed by atoms with Crippen LogP contribution >= 0.6 is 0 Å². The maximum atomic E-state index is 12.0. The zero-order valence-corrected chi connectivity index (χ0v) is 8.91. The summed E-state index contributed by atoms with van der Waals surface area (Å²) in [6, 6.07) is 3.50. The maximum Gasteiger partial charge on any atom is 0.271 e. The predicted octanol–water partition coefficient (Wildman–Crippen LogP) is 1.21. The lowest BCUT2D eigenvalue weighted by molar-refractivity contribution is -0.123. The zero-order chi connectivity index (χ0) is 11.1. The van der Waals surface area contributed by atoms with Crippen LogP contribution in [0.5, 0.6) is 0 Å². The van der Waals surface area contributed by atoms with Crippen molar-refractivity contribution in [3.63, 3.8) is 0 Å². The molecule has 4 nitrogen and oxygen atoms in total. The van der Waals surface area contributed by atoms with Gasteiger partial charge >= 0.3 is 0 Å². The van der Waals surface area contributed by atoms with Gasteiger partial charge in [-0.1, -0.05) is 0 Å². The Hall–Kier alpha value is -1.58. The Morgan fingerprint density at radius 3 is 2.73 bits per heavy atom. The van der Waals surface area contributed by atoms with E-state index in [0.717, 1.165) is 0 Å². The van der Waals surface area contributed by atoms with Crippen molar-refractivity contribution in [3.8, 4) is 0 Å². The van der Waals surface area contributed by atoms with Crippen LogP contribution in [0.15, 0.2) is 18.3 Å². The summed E-state index contributed by atoms with van der Waals surface area (Å²) >= 11 is 0. The minimum absolute atomic E-state index is 0.101. The molecule has 1 saturated heterocycles. The highest BCUT2D eigenvalue weighted by molar-refractivity contribution is 6.00. The molecule has 0 atom stereocenters. The van der Waals surface area contributed by atoms with Crippen LogP contribution in [0.3, 0.4) is 0 Å². The molecule has 1 aliphatic rings. The number of amides is 1. The van der Waals surface area contributed by atoms with E-state index < -0.39 is 5.54 Å². The number of Topliss-reactive ketones (excluding diaryl/α,β-unsaturated/α-hetero) is 1. The topological polar surface area (TPSA) is 53.2 Å². The molecule has 2 heterocycles. The van der Waals surface area contributed by atoms with Gasteiger partial charge in [0, 0.05) is 19.2 Å². The number of rotatable bonds is 1. The Morgan fingerprint density at radius 1 is 1.53 bits per heavy atom. The van der Waals surface area contributed by atoms with Crippen molar-refractivity contribution in [2.75, 3.05) is 6.54 Å². The molecule has 2 rings (SSSR count). The average molecular weight is 206 g/mol. The van der Waals surface area contributed by atoms with E-state index in [4.69, 9.17) is 0 Å². The third kappa shape index (κ3) is 1.46. The molecule has 15 heavy (non-hydrogen) atoms. The number of hydrogen-bond acceptors (Lipinski definition) is 2. The van der Waals surface area contributed by atoms with Gasteiger partial charge in [-0.3, -0.25) is 9.59 Å². The van der Waals surface area contributed by atoms with Crippen LogP contribution in [0.1, 0.15) is 30.8 Å². The van der Waals surface area contributed by atoms with Crippen LogP contribution < -0.4 is 0 Å². The Balaban J connectivity index is 2.26. The molecule has 0 aliphatic carbocycles. The summed E-state index contributed by atoms with van der Waals surface area (Å²) in [7, 11) is 0. The molecule has 0 radical (unpaired) electrons. The number of likely N-dealkylation sites (tertiary alicyclic amines) is 1. The van der Waals surface area contributed by atoms with Gasteiger partial charge in [0.15, 0.2) is 5.78 Å². The van der Waals surface area contributed by atoms with E-state index in [9.17, 15) is 9.59 Å². The minimum Gasteiger partial charge on any atom is -0.357 e. The molecular weight excluding hydrogens is 192 g/mol. The molecular formula is C11H14N2O2. The normalized spacial score (nSPS) is 19.6. The summed E-state index contributed by atoms with van der Waals surface area (Å²) in [4.78, 5) is 28.1. The predicted molar refractivity (Wildman–Crippen MR) is 55.5 cm³/mol. The smallest absolute Gasteiger partial charge is 0.271 e. The average Bonchev–Trinajstić information content (AvgIpc) is 2.76. The highest BCUT2D eigenvalue weighted by Crippen LogP contribution is 2.26. The number of aromatic nitrogens is 1. The van der Waals surface area contributed by atoms with Crippen LogP contribution in [0.2, 0.25) is 0 Å². The molecule has 1 aromatic rings. The maximum absolute atomic E-state index is 12.0. The molecule has 1 fully saturated rings. The fraction of sp³-hybridized carbons (Fsp3) is 0.455. The van der Waals surface area contributed by atoms with Crippen molar-refractivity contribution in [2.24, 2.45) is 0 Å². The molecule has 4 heteroatoms. The zero-order valence-electron chi connectivity index (χ0n) is 8.91. The van der Waals surface area contributed by atoms with Gasteiger partial charge in [0.2, 0.25) is 0 Å². The van der Waals surface area contributed by atoms with Crippen molar-refractivity contribution < 1.29 is 9.59 Å². The van der Waals surface area contributed by atoms with Crippen molar-refractivity contribution in [1.29, 1.82) is 0 Å². The number of carbonyl (C=O) groups is 2. The number of H-pyrrole nitrogens is 1. The Bertz CT molecular complexity index is 393. The molecule has 1 aliphatic heterocycles. The molecule has 0 saturated carbocycles. The molecule has 1 aromatic heterocycles. The number of aromatic amines is 1. The van der Waals surface area contributed by atoms with E-state index in [2.05, 4.69) is 4.98 Å². The fourth-order valence-electron chi connectivity index (χ4n) is 1.91. The lowest BCUT2D eigenvalue weighted by Gasteiger charge is -2.29. The second-order valence-electron chi connectivity index (χ2n) is 4.27. The highest BCUT2D eigenvalue weighted by atomic mass is 16.2. The van der Waals surface area contributed by atoms with Crippen molar-refractivity contribution in [2.45, 2.75) is 25.8 Å². The van der Waals surface area contributed by atoms with E-state index in [-0.39, 0.29) is 11.7 Å². The van der Waals surface area contributed by atoms with Gasteiger partial charge in [-0.15, -0.1) is 0 Å². The Morgan fingerprint density at radius 2 is 2.27 bits per heavy atom. The van der Waals surface area contributed by atoms with Gasteiger partial charge < -0.3 is 9.88 Å². The largest absolute Gasteiger partial charge is 0.357 e. The van der Waals surface area contributed by atoms with Gasteiger partial charge in [0.25, 0.3) is 5.91 Å².